The first-order chi connectivity index (χ1) is 9.04. The van der Waals surface area contributed by atoms with Crippen LogP contribution < -0.4 is 10.6 Å². The molecule has 1 aromatic heterocycles. The zero-order chi connectivity index (χ0) is 14.3. The first-order valence-corrected chi connectivity index (χ1v) is 7.40. The van der Waals surface area contributed by atoms with Crippen molar-refractivity contribution in [1.82, 2.24) is 9.97 Å². The highest BCUT2D eigenvalue weighted by Gasteiger charge is 2.19. The number of rotatable bonds is 8. The first-order valence-electron chi connectivity index (χ1n) is 7.40. The molecular weight excluding hydrogens is 236 g/mol. The van der Waals surface area contributed by atoms with Crippen LogP contribution in [-0.2, 0) is 6.42 Å². The summed E-state index contributed by atoms with van der Waals surface area (Å²) < 4.78 is 0. The Kier molecular flexibility index (Phi) is 6.06. The Morgan fingerprint density at radius 3 is 2.32 bits per heavy atom. The van der Waals surface area contributed by atoms with Gasteiger partial charge in [-0.1, -0.05) is 27.2 Å². The molecule has 0 aliphatic heterocycles. The molecule has 2 N–H and O–H groups in total. The van der Waals surface area contributed by atoms with Gasteiger partial charge in [-0.2, -0.15) is 0 Å². The Bertz CT molecular complexity index is 388. The summed E-state index contributed by atoms with van der Waals surface area (Å²) in [6.45, 7) is 11.9. The van der Waals surface area contributed by atoms with Gasteiger partial charge in [-0.15, -0.1) is 0 Å². The van der Waals surface area contributed by atoms with Gasteiger partial charge in [-0.3, -0.25) is 0 Å². The smallest absolute Gasteiger partial charge is 0.135 e. The monoisotopic (exact) mass is 264 g/mol. The van der Waals surface area contributed by atoms with E-state index in [2.05, 4.69) is 55.2 Å². The maximum Gasteiger partial charge on any atom is 0.135 e. The van der Waals surface area contributed by atoms with Crippen LogP contribution in [0.25, 0.3) is 0 Å². The number of anilines is 2. The molecule has 1 aromatic rings. The summed E-state index contributed by atoms with van der Waals surface area (Å²) in [7, 11) is 0. The van der Waals surface area contributed by atoms with E-state index in [0.29, 0.717) is 0 Å². The fourth-order valence-corrected chi connectivity index (χ4v) is 2.26. The Hall–Kier alpha value is -1.32. The van der Waals surface area contributed by atoms with Crippen molar-refractivity contribution in [2.24, 2.45) is 0 Å². The number of aromatic nitrogens is 2. The molecule has 0 bridgehead atoms. The van der Waals surface area contributed by atoms with E-state index < -0.39 is 0 Å². The number of nitrogens with one attached hydrogen (secondary N) is 2. The second kappa shape index (κ2) is 7.31. The van der Waals surface area contributed by atoms with Crippen LogP contribution >= 0.6 is 0 Å². The average molecular weight is 264 g/mol. The third-order valence-corrected chi connectivity index (χ3v) is 3.17. The van der Waals surface area contributed by atoms with Crippen molar-refractivity contribution in [3.8, 4) is 0 Å². The van der Waals surface area contributed by atoms with Gasteiger partial charge in [0.2, 0.25) is 0 Å². The molecule has 1 heterocycles. The molecule has 0 saturated heterocycles. The second-order valence-corrected chi connectivity index (χ2v) is 5.59. The normalized spacial score (nSPS) is 11.4. The minimum absolute atomic E-state index is 0.0645. The zero-order valence-electron chi connectivity index (χ0n) is 13.0. The van der Waals surface area contributed by atoms with E-state index in [1.807, 2.05) is 0 Å². The Morgan fingerprint density at radius 1 is 1.05 bits per heavy atom. The second-order valence-electron chi connectivity index (χ2n) is 5.59. The lowest BCUT2D eigenvalue weighted by Gasteiger charge is -2.28. The van der Waals surface area contributed by atoms with Crippen LogP contribution in [0.4, 0.5) is 11.6 Å². The molecule has 0 spiro atoms. The minimum atomic E-state index is 0.0645. The van der Waals surface area contributed by atoms with Gasteiger partial charge in [0.25, 0.3) is 0 Å². The summed E-state index contributed by atoms with van der Waals surface area (Å²) in [6.07, 6.45) is 5.95. The summed E-state index contributed by atoms with van der Waals surface area (Å²) in [6, 6.07) is 0. The van der Waals surface area contributed by atoms with Gasteiger partial charge in [-0.05, 0) is 33.1 Å². The summed E-state index contributed by atoms with van der Waals surface area (Å²) in [5.74, 6) is 1.93. The van der Waals surface area contributed by atoms with E-state index in [1.165, 1.54) is 5.56 Å². The van der Waals surface area contributed by atoms with Crippen molar-refractivity contribution in [2.45, 2.75) is 65.8 Å². The number of nitrogens with zero attached hydrogens (tertiary/aromatic N) is 2. The van der Waals surface area contributed by atoms with Crippen LogP contribution in [0.5, 0.6) is 0 Å². The van der Waals surface area contributed by atoms with Crippen LogP contribution in [0.2, 0.25) is 0 Å². The topological polar surface area (TPSA) is 49.8 Å². The highest BCUT2D eigenvalue weighted by Crippen LogP contribution is 2.25. The molecule has 0 fully saturated rings. The standard InChI is InChI=1S/C15H28N4/c1-6-9-15(4,5)19-14-12(8-3)13(16-10-7-2)17-11-18-14/h11H,6-10H2,1-5H3,(H2,16,17,18,19). The quantitative estimate of drug-likeness (QED) is 0.748. The molecule has 0 aromatic carbocycles. The third kappa shape index (κ3) is 4.69. The van der Waals surface area contributed by atoms with Crippen molar-refractivity contribution < 1.29 is 0 Å². The molecule has 0 aliphatic carbocycles. The molecule has 0 unspecified atom stereocenters. The fourth-order valence-electron chi connectivity index (χ4n) is 2.26. The van der Waals surface area contributed by atoms with Gasteiger partial charge in [0, 0.05) is 17.6 Å². The van der Waals surface area contributed by atoms with Gasteiger partial charge in [-0.25, -0.2) is 9.97 Å². The molecule has 0 saturated carbocycles. The maximum atomic E-state index is 4.42. The summed E-state index contributed by atoms with van der Waals surface area (Å²) in [4.78, 5) is 8.78. The van der Waals surface area contributed by atoms with E-state index in [-0.39, 0.29) is 5.54 Å². The Morgan fingerprint density at radius 2 is 1.74 bits per heavy atom. The molecule has 0 atom stereocenters. The van der Waals surface area contributed by atoms with Crippen molar-refractivity contribution in [3.05, 3.63) is 11.9 Å². The van der Waals surface area contributed by atoms with Crippen LogP contribution in [0.1, 0.15) is 59.4 Å². The van der Waals surface area contributed by atoms with Gasteiger partial charge >= 0.3 is 0 Å². The Labute approximate surface area is 117 Å². The summed E-state index contributed by atoms with van der Waals surface area (Å²) in [5.41, 5.74) is 1.25. The summed E-state index contributed by atoms with van der Waals surface area (Å²) in [5, 5.41) is 6.95. The van der Waals surface area contributed by atoms with Crippen molar-refractivity contribution in [3.63, 3.8) is 0 Å². The van der Waals surface area contributed by atoms with Gasteiger partial charge in [0.15, 0.2) is 0 Å². The maximum absolute atomic E-state index is 4.42. The van der Waals surface area contributed by atoms with Crippen LogP contribution in [0.15, 0.2) is 6.33 Å². The van der Waals surface area contributed by atoms with Gasteiger partial charge in [0.1, 0.15) is 18.0 Å². The van der Waals surface area contributed by atoms with Gasteiger partial charge in [0.05, 0.1) is 0 Å². The fraction of sp³-hybridized carbons (Fsp3) is 0.733. The lowest BCUT2D eigenvalue weighted by molar-refractivity contribution is 0.508. The largest absolute Gasteiger partial charge is 0.370 e. The van der Waals surface area contributed by atoms with E-state index >= 15 is 0 Å². The molecule has 1 rings (SSSR count). The lowest BCUT2D eigenvalue weighted by atomic mass is 9.98. The van der Waals surface area contributed by atoms with E-state index in [0.717, 1.165) is 43.9 Å². The third-order valence-electron chi connectivity index (χ3n) is 3.17. The molecule has 4 nitrogen and oxygen atoms in total. The van der Waals surface area contributed by atoms with Crippen LogP contribution in [0, 0.1) is 0 Å². The van der Waals surface area contributed by atoms with E-state index in [4.69, 9.17) is 0 Å². The molecule has 108 valence electrons. The Balaban J connectivity index is 2.94. The first kappa shape index (κ1) is 15.7. The predicted octanol–water partition coefficient (Wildman–Crippen LogP) is 3.85. The highest BCUT2D eigenvalue weighted by molar-refractivity contribution is 5.58. The predicted molar refractivity (Wildman–Crippen MR) is 82.8 cm³/mol. The van der Waals surface area contributed by atoms with Gasteiger partial charge < -0.3 is 10.6 Å². The van der Waals surface area contributed by atoms with Crippen LogP contribution in [-0.4, -0.2) is 22.1 Å². The SMILES string of the molecule is CCCNc1ncnc(NC(C)(C)CCC)c1CC. The molecule has 4 heteroatoms. The molecule has 0 aliphatic rings. The lowest BCUT2D eigenvalue weighted by Crippen LogP contribution is -2.31. The van der Waals surface area contributed by atoms with E-state index in [9.17, 15) is 0 Å². The molecule has 0 amide bonds. The molecule has 0 radical (unpaired) electrons. The zero-order valence-corrected chi connectivity index (χ0v) is 13.0. The highest BCUT2D eigenvalue weighted by atomic mass is 15.1. The van der Waals surface area contributed by atoms with Crippen molar-refractivity contribution in [2.75, 3.05) is 17.2 Å². The van der Waals surface area contributed by atoms with E-state index in [1.54, 1.807) is 6.33 Å². The molecular formula is C15H28N4. The van der Waals surface area contributed by atoms with Crippen molar-refractivity contribution in [1.29, 1.82) is 0 Å². The van der Waals surface area contributed by atoms with Crippen molar-refractivity contribution >= 4 is 11.6 Å². The molecule has 19 heavy (non-hydrogen) atoms. The number of hydrogen-bond acceptors (Lipinski definition) is 4. The van der Waals surface area contributed by atoms with Crippen LogP contribution in [0.3, 0.4) is 0 Å². The average Bonchev–Trinajstić information content (AvgIpc) is 2.35. The minimum Gasteiger partial charge on any atom is -0.370 e. The summed E-state index contributed by atoms with van der Waals surface area (Å²) >= 11 is 0. The number of hydrogen-bond donors (Lipinski definition) is 2.